The standard InChI is InChI=1S/C34H63N2O6P/c1-3-5-7-9-11-13-15-16-18-20-22-24-26-28-34(38)36-32(31-42-43(39,40)41-30-29-35)33(37)27-25-23-21-19-17-14-12-10-8-6-4-2/h7,9,13,15,17,19,25,27,32-33,37H,3-6,8,10-12,14,16,18,20-24,26,28-31,35H2,1-2H3,(H,36,38)(H,39,40)/b9-7-,15-13-,19-17+,27-25+. The lowest BCUT2D eigenvalue weighted by atomic mass is 10.1. The van der Waals surface area contributed by atoms with E-state index in [1.54, 1.807) is 6.08 Å². The maximum absolute atomic E-state index is 12.6. The van der Waals surface area contributed by atoms with Crippen LogP contribution in [0.25, 0.3) is 0 Å². The number of phosphoric acid groups is 1. The molecule has 0 bridgehead atoms. The van der Waals surface area contributed by atoms with E-state index in [2.05, 4.69) is 55.6 Å². The first-order chi connectivity index (χ1) is 20.9. The number of hydrogen-bond acceptors (Lipinski definition) is 6. The minimum Gasteiger partial charge on any atom is -0.387 e. The average Bonchev–Trinajstić information content (AvgIpc) is 2.99. The molecule has 0 heterocycles. The van der Waals surface area contributed by atoms with E-state index in [9.17, 15) is 19.4 Å². The van der Waals surface area contributed by atoms with Crippen LogP contribution in [0, 0.1) is 0 Å². The van der Waals surface area contributed by atoms with Gasteiger partial charge in [-0.25, -0.2) is 4.57 Å². The molecule has 0 aromatic heterocycles. The van der Waals surface area contributed by atoms with Crippen LogP contribution < -0.4 is 11.1 Å². The van der Waals surface area contributed by atoms with Gasteiger partial charge >= 0.3 is 7.82 Å². The van der Waals surface area contributed by atoms with Crippen LogP contribution in [-0.4, -0.2) is 47.8 Å². The van der Waals surface area contributed by atoms with Gasteiger partial charge in [-0.05, 0) is 57.8 Å². The molecular formula is C34H63N2O6P. The number of aliphatic hydroxyl groups is 1. The Bertz CT molecular complexity index is 815. The molecule has 3 unspecified atom stereocenters. The van der Waals surface area contributed by atoms with Gasteiger partial charge in [-0.3, -0.25) is 13.8 Å². The maximum atomic E-state index is 12.6. The predicted molar refractivity (Wildman–Crippen MR) is 180 cm³/mol. The Hall–Kier alpha value is -1.54. The van der Waals surface area contributed by atoms with Crippen LogP contribution in [0.15, 0.2) is 48.6 Å². The summed E-state index contributed by atoms with van der Waals surface area (Å²) in [6.45, 7) is 3.97. The van der Waals surface area contributed by atoms with Crippen LogP contribution in [0.2, 0.25) is 0 Å². The van der Waals surface area contributed by atoms with Gasteiger partial charge in [-0.1, -0.05) is 114 Å². The molecule has 0 aliphatic carbocycles. The molecule has 43 heavy (non-hydrogen) atoms. The quantitative estimate of drug-likeness (QED) is 0.0359. The Morgan fingerprint density at radius 3 is 2.02 bits per heavy atom. The van der Waals surface area contributed by atoms with Crippen LogP contribution in [0.4, 0.5) is 0 Å². The number of rotatable bonds is 30. The minimum atomic E-state index is -4.34. The van der Waals surface area contributed by atoms with Gasteiger partial charge in [-0.15, -0.1) is 0 Å². The Morgan fingerprint density at radius 2 is 1.35 bits per heavy atom. The van der Waals surface area contributed by atoms with E-state index in [0.29, 0.717) is 6.42 Å². The number of nitrogens with one attached hydrogen (secondary N) is 1. The number of carbonyl (C=O) groups is 1. The molecule has 250 valence electrons. The highest BCUT2D eigenvalue weighted by atomic mass is 31.2. The van der Waals surface area contributed by atoms with Crippen molar-refractivity contribution in [1.29, 1.82) is 0 Å². The summed E-state index contributed by atoms with van der Waals surface area (Å²) in [5.74, 6) is -0.224. The molecule has 1 amide bonds. The van der Waals surface area contributed by atoms with Gasteiger partial charge in [0.25, 0.3) is 0 Å². The number of allylic oxidation sites excluding steroid dienone is 7. The number of amides is 1. The summed E-state index contributed by atoms with van der Waals surface area (Å²) in [6, 6.07) is -0.882. The smallest absolute Gasteiger partial charge is 0.387 e. The number of unbranched alkanes of at least 4 members (excludes halogenated alkanes) is 12. The van der Waals surface area contributed by atoms with Crippen LogP contribution in [-0.2, 0) is 18.4 Å². The lowest BCUT2D eigenvalue weighted by molar-refractivity contribution is -0.123. The third-order valence-electron chi connectivity index (χ3n) is 6.86. The van der Waals surface area contributed by atoms with Gasteiger partial charge in [0.15, 0.2) is 0 Å². The zero-order chi connectivity index (χ0) is 31.9. The maximum Gasteiger partial charge on any atom is 0.472 e. The summed E-state index contributed by atoms with van der Waals surface area (Å²) < 4.78 is 21.9. The molecule has 0 fully saturated rings. The second-order valence-corrected chi connectivity index (χ2v) is 12.5. The van der Waals surface area contributed by atoms with Crippen molar-refractivity contribution < 1.29 is 28.4 Å². The summed E-state index contributed by atoms with van der Waals surface area (Å²) in [5.41, 5.74) is 5.33. The predicted octanol–water partition coefficient (Wildman–Crippen LogP) is 8.21. The summed E-state index contributed by atoms with van der Waals surface area (Å²) in [5, 5.41) is 13.5. The number of aliphatic hydroxyl groups excluding tert-OH is 1. The first kappa shape index (κ1) is 41.5. The van der Waals surface area contributed by atoms with Crippen molar-refractivity contribution in [2.45, 2.75) is 142 Å². The van der Waals surface area contributed by atoms with Crippen LogP contribution in [0.3, 0.4) is 0 Å². The second kappa shape index (κ2) is 30.5. The molecule has 0 aliphatic rings. The number of phosphoric ester groups is 1. The van der Waals surface area contributed by atoms with Gasteiger partial charge in [0.05, 0.1) is 25.4 Å². The van der Waals surface area contributed by atoms with E-state index in [1.807, 2.05) is 6.08 Å². The largest absolute Gasteiger partial charge is 0.472 e. The van der Waals surface area contributed by atoms with Gasteiger partial charge in [0.1, 0.15) is 0 Å². The average molecular weight is 627 g/mol. The first-order valence-corrected chi connectivity index (χ1v) is 18.3. The molecule has 8 nitrogen and oxygen atoms in total. The molecule has 5 N–H and O–H groups in total. The normalized spacial score (nSPS) is 15.2. The molecule has 0 saturated carbocycles. The molecule has 0 spiro atoms. The van der Waals surface area contributed by atoms with Crippen LogP contribution in [0.1, 0.15) is 129 Å². The van der Waals surface area contributed by atoms with Crippen molar-refractivity contribution in [2.24, 2.45) is 5.73 Å². The lowest BCUT2D eigenvalue weighted by Crippen LogP contribution is -2.45. The van der Waals surface area contributed by atoms with Crippen molar-refractivity contribution in [2.75, 3.05) is 19.8 Å². The zero-order valence-electron chi connectivity index (χ0n) is 27.2. The molecule has 0 saturated heterocycles. The topological polar surface area (TPSA) is 131 Å². The minimum absolute atomic E-state index is 0.0696. The highest BCUT2D eigenvalue weighted by Gasteiger charge is 2.26. The Balaban J connectivity index is 4.49. The molecule has 0 aromatic carbocycles. The first-order valence-electron chi connectivity index (χ1n) is 16.8. The van der Waals surface area contributed by atoms with Gasteiger partial charge in [-0.2, -0.15) is 0 Å². The van der Waals surface area contributed by atoms with E-state index < -0.39 is 20.0 Å². The SMILES string of the molecule is CCC/C=C\C/C=C\CCCCCCCC(=O)NC(COP(=O)(O)OCCN)C(O)/C=C/CC/C=C/CCCCCCC. The van der Waals surface area contributed by atoms with Crippen molar-refractivity contribution in [1.82, 2.24) is 5.32 Å². The fraction of sp³-hybridized carbons (Fsp3) is 0.735. The van der Waals surface area contributed by atoms with Gasteiger partial charge in [0.2, 0.25) is 5.91 Å². The Labute approximate surface area is 262 Å². The van der Waals surface area contributed by atoms with E-state index >= 15 is 0 Å². The molecule has 0 aromatic rings. The molecule has 0 aliphatic heterocycles. The number of nitrogens with two attached hydrogens (primary N) is 1. The zero-order valence-corrected chi connectivity index (χ0v) is 28.1. The van der Waals surface area contributed by atoms with Gasteiger partial charge in [0, 0.05) is 13.0 Å². The van der Waals surface area contributed by atoms with Crippen molar-refractivity contribution in [3.8, 4) is 0 Å². The Kier molecular flexibility index (Phi) is 29.4. The van der Waals surface area contributed by atoms with Crippen LogP contribution >= 0.6 is 7.82 Å². The van der Waals surface area contributed by atoms with E-state index in [-0.39, 0.29) is 25.7 Å². The second-order valence-electron chi connectivity index (χ2n) is 11.0. The van der Waals surface area contributed by atoms with Crippen molar-refractivity contribution in [3.63, 3.8) is 0 Å². The third-order valence-corrected chi connectivity index (χ3v) is 7.84. The fourth-order valence-electron chi connectivity index (χ4n) is 4.30. The number of hydrogen-bond donors (Lipinski definition) is 4. The third kappa shape index (κ3) is 29.0. The van der Waals surface area contributed by atoms with Gasteiger partial charge < -0.3 is 21.1 Å². The van der Waals surface area contributed by atoms with Crippen LogP contribution in [0.5, 0.6) is 0 Å². The highest BCUT2D eigenvalue weighted by Crippen LogP contribution is 2.43. The summed E-state index contributed by atoms with van der Waals surface area (Å²) >= 11 is 0. The van der Waals surface area contributed by atoms with E-state index in [0.717, 1.165) is 70.6 Å². The molecular weight excluding hydrogens is 563 g/mol. The summed E-state index contributed by atoms with van der Waals surface area (Å²) in [4.78, 5) is 22.5. The van der Waals surface area contributed by atoms with E-state index in [4.69, 9.17) is 14.8 Å². The highest BCUT2D eigenvalue weighted by molar-refractivity contribution is 7.47. The Morgan fingerprint density at radius 1 is 0.767 bits per heavy atom. The fourth-order valence-corrected chi connectivity index (χ4v) is 5.06. The van der Waals surface area contributed by atoms with Crippen molar-refractivity contribution in [3.05, 3.63) is 48.6 Å². The molecule has 0 rings (SSSR count). The monoisotopic (exact) mass is 626 g/mol. The molecule has 3 atom stereocenters. The summed E-state index contributed by atoms with van der Waals surface area (Å²) in [7, 11) is -4.34. The molecule has 0 radical (unpaired) electrons. The molecule has 9 heteroatoms. The van der Waals surface area contributed by atoms with E-state index in [1.165, 1.54) is 38.5 Å². The summed E-state index contributed by atoms with van der Waals surface area (Å²) in [6.07, 6.45) is 34.4. The number of carbonyl (C=O) groups excluding carboxylic acids is 1. The van der Waals surface area contributed by atoms with Crippen molar-refractivity contribution >= 4 is 13.7 Å². The lowest BCUT2D eigenvalue weighted by Gasteiger charge is -2.23.